The molecular weight excluding hydrogens is 294 g/mol. The van der Waals surface area contributed by atoms with Gasteiger partial charge in [-0.2, -0.15) is 9.78 Å². The second-order valence-corrected chi connectivity index (χ2v) is 5.70. The van der Waals surface area contributed by atoms with Crippen molar-refractivity contribution in [3.63, 3.8) is 0 Å². The smallest absolute Gasteiger partial charge is 0.217 e. The zero-order chi connectivity index (χ0) is 14.8. The lowest BCUT2D eigenvalue weighted by Gasteiger charge is -2.09. The number of hydrogen-bond donors (Lipinski definition) is 0. The molecule has 1 aromatic carbocycles. The highest BCUT2D eigenvalue weighted by molar-refractivity contribution is 8.04. The zero-order valence-corrected chi connectivity index (χ0v) is 12.3. The quantitative estimate of drug-likeness (QED) is 0.729. The van der Waals surface area contributed by atoms with Crippen molar-refractivity contribution in [1.29, 1.82) is 0 Å². The topological polar surface area (TPSA) is 56.0 Å². The van der Waals surface area contributed by atoms with Crippen molar-refractivity contribution in [2.45, 2.75) is 5.16 Å². The van der Waals surface area contributed by atoms with E-state index < -0.39 is 0 Å². The van der Waals surface area contributed by atoms with Gasteiger partial charge in [0.05, 0.1) is 6.21 Å². The highest BCUT2D eigenvalue weighted by atomic mass is 32.2. The van der Waals surface area contributed by atoms with Crippen LogP contribution in [0.5, 0.6) is 0 Å². The van der Waals surface area contributed by atoms with E-state index in [0.29, 0.717) is 0 Å². The van der Waals surface area contributed by atoms with Crippen LogP contribution < -0.4 is 0 Å². The van der Waals surface area contributed by atoms with Crippen LogP contribution in [0.1, 0.15) is 5.56 Å². The summed E-state index contributed by atoms with van der Waals surface area (Å²) in [5.74, 6) is 0.722. The summed E-state index contributed by atoms with van der Waals surface area (Å²) in [4.78, 5) is 5.05. The highest BCUT2D eigenvalue weighted by Gasteiger charge is 2.18. The molecule has 0 N–H and O–H groups in total. The summed E-state index contributed by atoms with van der Waals surface area (Å²) in [7, 11) is 0. The Balaban J connectivity index is 1.68. The highest BCUT2D eigenvalue weighted by Crippen LogP contribution is 2.32. The van der Waals surface area contributed by atoms with Crippen molar-refractivity contribution in [3.8, 4) is 11.4 Å². The van der Waals surface area contributed by atoms with E-state index in [4.69, 9.17) is 0 Å². The number of rotatable bonds is 2. The fraction of sp³-hybridized carbons (Fsp3) is 0. The van der Waals surface area contributed by atoms with E-state index >= 15 is 0 Å². The lowest BCUT2D eigenvalue weighted by atomic mass is 10.2. The van der Waals surface area contributed by atoms with Gasteiger partial charge in [0.15, 0.2) is 5.82 Å². The molecule has 0 saturated heterocycles. The van der Waals surface area contributed by atoms with Crippen LogP contribution in [-0.4, -0.2) is 26.1 Å². The minimum Gasteiger partial charge on any atom is -0.265 e. The van der Waals surface area contributed by atoms with Crippen molar-refractivity contribution in [2.24, 2.45) is 5.10 Å². The fourth-order valence-electron chi connectivity index (χ4n) is 2.14. The Labute approximate surface area is 131 Å². The molecule has 0 bridgehead atoms. The van der Waals surface area contributed by atoms with Crippen LogP contribution in [0.15, 0.2) is 70.0 Å². The molecule has 2 aromatic heterocycles. The second kappa shape index (κ2) is 5.57. The number of nitrogens with zero attached hydrogens (tertiary/aromatic N) is 5. The van der Waals surface area contributed by atoms with Crippen LogP contribution in [0.4, 0.5) is 0 Å². The first-order valence-electron chi connectivity index (χ1n) is 6.75. The molecule has 5 nitrogen and oxygen atoms in total. The molecule has 0 saturated carbocycles. The van der Waals surface area contributed by atoms with E-state index in [1.807, 2.05) is 36.5 Å². The van der Waals surface area contributed by atoms with E-state index in [1.54, 1.807) is 28.8 Å². The number of thioether (sulfide) groups is 1. The molecule has 4 rings (SSSR count). The number of hydrogen-bond acceptors (Lipinski definition) is 5. The number of fused-ring (bicyclic) bond motifs is 1. The first-order chi connectivity index (χ1) is 10.9. The molecule has 0 atom stereocenters. The van der Waals surface area contributed by atoms with E-state index in [-0.39, 0.29) is 0 Å². The lowest BCUT2D eigenvalue weighted by molar-refractivity contribution is 0.770. The van der Waals surface area contributed by atoms with Crippen molar-refractivity contribution in [3.05, 3.63) is 65.3 Å². The molecule has 22 heavy (non-hydrogen) atoms. The van der Waals surface area contributed by atoms with Gasteiger partial charge >= 0.3 is 0 Å². The van der Waals surface area contributed by atoms with Crippen LogP contribution in [0.2, 0.25) is 0 Å². The number of aromatic nitrogens is 4. The van der Waals surface area contributed by atoms with Gasteiger partial charge in [-0.15, -0.1) is 10.2 Å². The van der Waals surface area contributed by atoms with Gasteiger partial charge in [0.25, 0.3) is 0 Å². The maximum Gasteiger partial charge on any atom is 0.217 e. The Kier molecular flexibility index (Phi) is 3.29. The monoisotopic (exact) mass is 305 g/mol. The van der Waals surface area contributed by atoms with Gasteiger partial charge in [0.2, 0.25) is 5.16 Å². The molecule has 0 unspecified atom stereocenters. The fourth-order valence-corrected chi connectivity index (χ4v) is 2.95. The van der Waals surface area contributed by atoms with Crippen LogP contribution in [0, 0.1) is 0 Å². The van der Waals surface area contributed by atoms with Gasteiger partial charge in [-0.25, -0.2) is 0 Å². The average Bonchev–Trinajstić information content (AvgIpc) is 3.00. The molecule has 0 amide bonds. The third-order valence-electron chi connectivity index (χ3n) is 3.17. The molecule has 0 spiro atoms. The normalized spacial score (nSPS) is 15.0. The summed E-state index contributed by atoms with van der Waals surface area (Å²) in [6.45, 7) is 0. The van der Waals surface area contributed by atoms with Crippen LogP contribution in [0.25, 0.3) is 17.5 Å². The first-order valence-corrected chi connectivity index (χ1v) is 7.56. The molecule has 3 aromatic rings. The first kappa shape index (κ1) is 13.0. The largest absolute Gasteiger partial charge is 0.265 e. The molecule has 0 radical (unpaired) electrons. The summed E-state index contributed by atoms with van der Waals surface area (Å²) in [5.41, 5.74) is 2.08. The molecule has 1 aliphatic rings. The number of allylic oxidation sites excluding steroid dienone is 1. The molecule has 6 heteroatoms. The van der Waals surface area contributed by atoms with E-state index in [9.17, 15) is 0 Å². The minimum absolute atomic E-state index is 0.722. The van der Waals surface area contributed by atoms with Crippen LogP contribution >= 0.6 is 11.8 Å². The Morgan fingerprint density at radius 2 is 1.77 bits per heavy atom. The number of pyridine rings is 1. The summed E-state index contributed by atoms with van der Waals surface area (Å²) < 4.78 is 1.75. The van der Waals surface area contributed by atoms with Crippen LogP contribution in [0.3, 0.4) is 0 Å². The average molecular weight is 305 g/mol. The molecule has 0 fully saturated rings. The Hall–Kier alpha value is -2.73. The Bertz CT molecular complexity index is 853. The van der Waals surface area contributed by atoms with Crippen LogP contribution in [-0.2, 0) is 0 Å². The molecular formula is C16H11N5S. The van der Waals surface area contributed by atoms with Gasteiger partial charge in [0.1, 0.15) is 0 Å². The summed E-state index contributed by atoms with van der Waals surface area (Å²) >= 11 is 1.55. The maximum absolute atomic E-state index is 4.46. The summed E-state index contributed by atoms with van der Waals surface area (Å²) in [6.07, 6.45) is 7.38. The van der Waals surface area contributed by atoms with E-state index in [1.165, 1.54) is 0 Å². The SMILES string of the molecule is C1=Nn2c(nnc2-c2ccncc2)S/C1=C/c1ccccc1. The lowest BCUT2D eigenvalue weighted by Crippen LogP contribution is -2.01. The molecule has 0 aliphatic carbocycles. The second-order valence-electron chi connectivity index (χ2n) is 4.66. The van der Waals surface area contributed by atoms with Gasteiger partial charge in [-0.3, -0.25) is 4.98 Å². The van der Waals surface area contributed by atoms with Crippen molar-refractivity contribution in [1.82, 2.24) is 19.9 Å². The summed E-state index contributed by atoms with van der Waals surface area (Å²) in [6, 6.07) is 13.9. The van der Waals surface area contributed by atoms with Gasteiger partial charge in [-0.1, -0.05) is 30.3 Å². The standard InChI is InChI=1S/C16H11N5S/c1-2-4-12(5-3-1)10-14-11-18-21-15(19-20-16(21)22-14)13-6-8-17-9-7-13/h1-11H/b14-10+. The summed E-state index contributed by atoms with van der Waals surface area (Å²) in [5, 5.41) is 13.7. The maximum atomic E-state index is 4.46. The Morgan fingerprint density at radius 1 is 0.955 bits per heavy atom. The number of benzene rings is 1. The van der Waals surface area contributed by atoms with Gasteiger partial charge in [-0.05, 0) is 35.5 Å². The van der Waals surface area contributed by atoms with Crippen molar-refractivity contribution in [2.75, 3.05) is 0 Å². The third-order valence-corrected chi connectivity index (χ3v) is 4.06. The van der Waals surface area contributed by atoms with Gasteiger partial charge in [0, 0.05) is 22.9 Å². The predicted octanol–water partition coefficient (Wildman–Crippen LogP) is 3.32. The van der Waals surface area contributed by atoms with E-state index in [2.05, 4.69) is 38.5 Å². The zero-order valence-electron chi connectivity index (χ0n) is 11.5. The minimum atomic E-state index is 0.722. The Morgan fingerprint density at radius 3 is 2.59 bits per heavy atom. The van der Waals surface area contributed by atoms with Gasteiger partial charge < -0.3 is 0 Å². The molecule has 106 valence electrons. The van der Waals surface area contributed by atoms with Crippen molar-refractivity contribution >= 4 is 24.1 Å². The van der Waals surface area contributed by atoms with Crippen molar-refractivity contribution < 1.29 is 0 Å². The third kappa shape index (κ3) is 2.44. The molecule has 1 aliphatic heterocycles. The molecule has 3 heterocycles. The predicted molar refractivity (Wildman–Crippen MR) is 87.4 cm³/mol. The van der Waals surface area contributed by atoms with E-state index in [0.717, 1.165) is 27.0 Å².